The summed E-state index contributed by atoms with van der Waals surface area (Å²) in [7, 11) is 0. The normalized spacial score (nSPS) is 32.6. The lowest BCUT2D eigenvalue weighted by Crippen LogP contribution is -2.45. The maximum atomic E-state index is 3.67. The van der Waals surface area contributed by atoms with E-state index in [1.165, 1.54) is 54.4 Å². The Morgan fingerprint density at radius 1 is 0.679 bits per heavy atom. The monoisotopic (exact) mass is 363 g/mol. The predicted molar refractivity (Wildman–Crippen MR) is 115 cm³/mol. The van der Waals surface area contributed by atoms with E-state index in [1.54, 1.807) is 5.57 Å². The summed E-state index contributed by atoms with van der Waals surface area (Å²) in [4.78, 5) is 0. The molecule has 0 aliphatic heterocycles. The molecule has 0 heteroatoms. The first-order chi connectivity index (χ1) is 13.8. The van der Waals surface area contributed by atoms with E-state index in [-0.39, 0.29) is 0 Å². The summed E-state index contributed by atoms with van der Waals surface area (Å²) in [5.41, 5.74) is 6.71. The van der Waals surface area contributed by atoms with Crippen molar-refractivity contribution in [1.82, 2.24) is 0 Å². The van der Waals surface area contributed by atoms with Gasteiger partial charge in [-0.15, -0.1) is 0 Å². The molecule has 0 unspecified atom stereocenters. The van der Waals surface area contributed by atoms with Crippen LogP contribution in [0.1, 0.15) is 43.2 Å². The molecule has 0 aromatic heterocycles. The van der Waals surface area contributed by atoms with Crippen LogP contribution in [0.2, 0.25) is 0 Å². The van der Waals surface area contributed by atoms with Gasteiger partial charge in [0.1, 0.15) is 0 Å². The summed E-state index contributed by atoms with van der Waals surface area (Å²) in [5.74, 6) is 4.71. The van der Waals surface area contributed by atoms with E-state index in [9.17, 15) is 0 Å². The number of hydrogen-bond acceptors (Lipinski definition) is 0. The molecule has 7 rings (SSSR count). The Kier molecular flexibility index (Phi) is 3.93. The van der Waals surface area contributed by atoms with Crippen molar-refractivity contribution in [3.63, 3.8) is 0 Å². The zero-order valence-corrected chi connectivity index (χ0v) is 16.4. The van der Waals surface area contributed by atoms with Crippen LogP contribution in [-0.2, 0) is 0 Å². The van der Waals surface area contributed by atoms with E-state index in [0.29, 0.717) is 0 Å². The molecule has 5 aliphatic carbocycles. The van der Waals surface area contributed by atoms with Gasteiger partial charge >= 0.3 is 0 Å². The number of hydrogen-bond donors (Lipinski definition) is 0. The van der Waals surface area contributed by atoms with Crippen LogP contribution in [0.3, 0.4) is 0 Å². The lowest BCUT2D eigenvalue weighted by atomic mass is 9.50. The summed E-state index contributed by atoms with van der Waals surface area (Å²) in [6.07, 6.45) is 15.9. The van der Waals surface area contributed by atoms with Gasteiger partial charge in [0.15, 0.2) is 0 Å². The van der Waals surface area contributed by atoms with E-state index in [0.717, 1.165) is 29.6 Å². The van der Waals surface area contributed by atoms with E-state index >= 15 is 0 Å². The van der Waals surface area contributed by atoms with Gasteiger partial charge < -0.3 is 0 Å². The zero-order valence-electron chi connectivity index (χ0n) is 16.4. The molecule has 28 heavy (non-hydrogen) atoms. The Labute approximate surface area is 168 Å². The van der Waals surface area contributed by atoms with Crippen LogP contribution in [0.15, 0.2) is 84.0 Å². The van der Waals surface area contributed by atoms with Crippen molar-refractivity contribution >= 4 is 5.57 Å². The Morgan fingerprint density at radius 2 is 1.21 bits per heavy atom. The molecule has 0 amide bonds. The molecule has 0 saturated heterocycles. The molecule has 0 heterocycles. The molecule has 4 bridgehead atoms. The van der Waals surface area contributed by atoms with Crippen LogP contribution in [0.25, 0.3) is 5.57 Å². The summed E-state index contributed by atoms with van der Waals surface area (Å²) in [6.45, 7) is 0. The van der Waals surface area contributed by atoms with Gasteiger partial charge in [-0.25, -0.2) is 0 Å². The minimum Gasteiger partial charge on any atom is -0.0622 e. The molecule has 4 fully saturated rings. The quantitative estimate of drug-likeness (QED) is 0.559. The fourth-order valence-electron chi connectivity index (χ4n) is 6.90. The molecule has 4 saturated carbocycles. The topological polar surface area (TPSA) is 0 Å². The third kappa shape index (κ3) is 2.73. The van der Waals surface area contributed by atoms with Crippen LogP contribution in [0.4, 0.5) is 0 Å². The van der Waals surface area contributed by atoms with Crippen LogP contribution < -0.4 is 0 Å². The number of allylic oxidation sites excluding steroid dienone is 5. The van der Waals surface area contributed by atoms with Gasteiger partial charge in [0, 0.05) is 0 Å². The summed E-state index contributed by atoms with van der Waals surface area (Å²) >= 11 is 0. The first-order valence-corrected chi connectivity index (χ1v) is 11.0. The standard InChI is InChI=1S/C28H27/c1-3-7-21(8-4-1)27(22-9-5-2-6-10-22)23-11-12-24(18-23)28-25-14-19-13-20(16-25)17-26(28)15-19/h1-10,12,18-20,25-26,28H,13-17H2. The van der Waals surface area contributed by atoms with Gasteiger partial charge in [-0.05, 0) is 95.6 Å². The highest BCUT2D eigenvalue weighted by atomic mass is 14.5. The lowest BCUT2D eigenvalue weighted by molar-refractivity contribution is -0.0193. The predicted octanol–water partition coefficient (Wildman–Crippen LogP) is 6.86. The zero-order chi connectivity index (χ0) is 18.5. The van der Waals surface area contributed by atoms with Crippen molar-refractivity contribution in [3.8, 4) is 0 Å². The van der Waals surface area contributed by atoms with E-state index in [2.05, 4.69) is 78.9 Å². The van der Waals surface area contributed by atoms with Gasteiger partial charge in [-0.1, -0.05) is 72.8 Å². The molecule has 2 aromatic rings. The Hall–Kier alpha value is -2.34. The van der Waals surface area contributed by atoms with Crippen molar-refractivity contribution in [2.24, 2.45) is 29.6 Å². The van der Waals surface area contributed by atoms with Crippen LogP contribution in [-0.4, -0.2) is 0 Å². The third-order valence-electron chi connectivity index (χ3n) is 7.71. The average Bonchev–Trinajstić information content (AvgIpc) is 3.18. The number of benzene rings is 2. The van der Waals surface area contributed by atoms with Crippen molar-refractivity contribution in [1.29, 1.82) is 0 Å². The molecule has 1 radical (unpaired) electrons. The highest BCUT2D eigenvalue weighted by Gasteiger charge is 2.49. The van der Waals surface area contributed by atoms with E-state index in [1.807, 2.05) is 0 Å². The third-order valence-corrected chi connectivity index (χ3v) is 7.71. The first-order valence-electron chi connectivity index (χ1n) is 11.0. The SMILES string of the molecule is [C]1=CC(C2C3CC4CC(C3)CC2C4)=CC1=C(c1ccccc1)c1ccccc1. The molecule has 0 atom stereocenters. The van der Waals surface area contributed by atoms with Gasteiger partial charge in [0.2, 0.25) is 0 Å². The van der Waals surface area contributed by atoms with Gasteiger partial charge in [0.05, 0.1) is 0 Å². The highest BCUT2D eigenvalue weighted by molar-refractivity contribution is 5.85. The molecular formula is C28H27. The van der Waals surface area contributed by atoms with E-state index < -0.39 is 0 Å². The fraction of sp³-hybridized carbons (Fsp3) is 0.357. The smallest absolute Gasteiger partial charge is 0.00325 e. The molecule has 2 aromatic carbocycles. The minimum atomic E-state index is 0.783. The van der Waals surface area contributed by atoms with Gasteiger partial charge in [-0.2, -0.15) is 0 Å². The second-order valence-corrected chi connectivity index (χ2v) is 9.41. The molecule has 0 nitrogen and oxygen atoms in total. The second kappa shape index (κ2) is 6.62. The second-order valence-electron chi connectivity index (χ2n) is 9.41. The van der Waals surface area contributed by atoms with Crippen molar-refractivity contribution in [2.75, 3.05) is 0 Å². The Morgan fingerprint density at radius 3 is 1.75 bits per heavy atom. The largest absolute Gasteiger partial charge is 0.0622 e. The number of rotatable bonds is 3. The van der Waals surface area contributed by atoms with Crippen molar-refractivity contribution < 1.29 is 0 Å². The average molecular weight is 364 g/mol. The van der Waals surface area contributed by atoms with Gasteiger partial charge in [0.25, 0.3) is 0 Å². The molecule has 139 valence electrons. The van der Waals surface area contributed by atoms with Crippen LogP contribution >= 0.6 is 0 Å². The lowest BCUT2D eigenvalue weighted by Gasteiger charge is -2.54. The van der Waals surface area contributed by atoms with Gasteiger partial charge in [-0.3, -0.25) is 0 Å². The molecule has 0 N–H and O–H groups in total. The van der Waals surface area contributed by atoms with Crippen molar-refractivity contribution in [3.05, 3.63) is 101 Å². The molecule has 5 aliphatic rings. The fourth-order valence-corrected chi connectivity index (χ4v) is 6.90. The van der Waals surface area contributed by atoms with Crippen LogP contribution in [0.5, 0.6) is 0 Å². The Bertz CT molecular complexity index is 888. The maximum absolute atomic E-state index is 3.67. The maximum Gasteiger partial charge on any atom is -0.00325 e. The van der Waals surface area contributed by atoms with Crippen LogP contribution in [0, 0.1) is 35.7 Å². The van der Waals surface area contributed by atoms with Crippen molar-refractivity contribution in [2.45, 2.75) is 32.1 Å². The summed E-state index contributed by atoms with van der Waals surface area (Å²) in [6, 6.07) is 21.7. The Balaban J connectivity index is 1.42. The summed E-state index contributed by atoms with van der Waals surface area (Å²) in [5, 5.41) is 0. The summed E-state index contributed by atoms with van der Waals surface area (Å²) < 4.78 is 0. The minimum absolute atomic E-state index is 0.783. The van der Waals surface area contributed by atoms with E-state index in [4.69, 9.17) is 0 Å². The molecular weight excluding hydrogens is 336 g/mol. The highest BCUT2D eigenvalue weighted by Crippen LogP contribution is 2.59. The molecule has 0 spiro atoms. The first kappa shape index (κ1) is 16.6.